The average Bonchev–Trinajstić information content (AvgIpc) is 2.44. The fraction of sp³-hybridized carbons (Fsp3) is 0.364. The summed E-state index contributed by atoms with van der Waals surface area (Å²) in [5, 5.41) is 8.88. The Morgan fingerprint density at radius 2 is 2.00 bits per heavy atom. The van der Waals surface area contributed by atoms with Gasteiger partial charge in [-0.1, -0.05) is 31.2 Å². The molecule has 0 radical (unpaired) electrons. The van der Waals surface area contributed by atoms with Crippen molar-refractivity contribution in [3.8, 4) is 6.07 Å². The number of benzene rings is 1. The molecule has 0 aliphatic heterocycles. The quantitative estimate of drug-likeness (QED) is 0.568. The van der Waals surface area contributed by atoms with Crippen molar-refractivity contribution >= 4 is 0 Å². The molecule has 0 N–H and O–H groups in total. The number of fused-ring (bicyclic) bond motifs is 1. The molecule has 2 unspecified atom stereocenters. The molecule has 1 aliphatic rings. The Labute approximate surface area is 72.6 Å². The molecule has 0 amide bonds. The lowest BCUT2D eigenvalue weighted by Crippen LogP contribution is -1.86. The van der Waals surface area contributed by atoms with E-state index in [1.54, 1.807) is 0 Å². The first-order chi connectivity index (χ1) is 5.83. The van der Waals surface area contributed by atoms with Gasteiger partial charge in [-0.3, -0.25) is 0 Å². The molecule has 0 spiro atoms. The van der Waals surface area contributed by atoms with E-state index in [4.69, 9.17) is 5.26 Å². The lowest BCUT2D eigenvalue weighted by molar-refractivity contribution is 0.706. The Balaban J connectivity index is 2.52. The summed E-state index contributed by atoms with van der Waals surface area (Å²) in [4.78, 5) is 0. The van der Waals surface area contributed by atoms with Gasteiger partial charge >= 0.3 is 0 Å². The molecule has 2 atom stereocenters. The van der Waals surface area contributed by atoms with E-state index in [9.17, 15) is 0 Å². The Hall–Kier alpha value is -1.29. The molecule has 1 nitrogen and oxygen atoms in total. The predicted molar refractivity (Wildman–Crippen MR) is 47.8 cm³/mol. The summed E-state index contributed by atoms with van der Waals surface area (Å²) in [6.45, 7) is 2.19. The van der Waals surface area contributed by atoms with Crippen LogP contribution in [0.15, 0.2) is 24.3 Å². The van der Waals surface area contributed by atoms with Crippen LogP contribution in [0.5, 0.6) is 0 Å². The first-order valence-electron chi connectivity index (χ1n) is 4.31. The largest absolute Gasteiger partial charge is 0.198 e. The zero-order valence-corrected chi connectivity index (χ0v) is 7.12. The van der Waals surface area contributed by atoms with Crippen LogP contribution in [-0.4, -0.2) is 0 Å². The van der Waals surface area contributed by atoms with E-state index in [2.05, 4.69) is 31.2 Å². The maximum atomic E-state index is 8.88. The number of rotatable bonds is 0. The SMILES string of the molecule is CC1CC(C#N)c2ccccc21. The van der Waals surface area contributed by atoms with Gasteiger partial charge in [0, 0.05) is 0 Å². The van der Waals surface area contributed by atoms with Crippen molar-refractivity contribution in [2.24, 2.45) is 0 Å². The normalized spacial score (nSPS) is 26.3. The van der Waals surface area contributed by atoms with E-state index >= 15 is 0 Å². The van der Waals surface area contributed by atoms with Crippen molar-refractivity contribution in [3.05, 3.63) is 35.4 Å². The molecule has 0 saturated heterocycles. The molecule has 1 heteroatoms. The van der Waals surface area contributed by atoms with E-state index in [-0.39, 0.29) is 5.92 Å². The second-order valence-electron chi connectivity index (χ2n) is 3.45. The molecule has 2 rings (SSSR count). The van der Waals surface area contributed by atoms with Crippen molar-refractivity contribution in [3.63, 3.8) is 0 Å². The lowest BCUT2D eigenvalue weighted by Gasteiger charge is -2.01. The van der Waals surface area contributed by atoms with Crippen molar-refractivity contribution in [2.75, 3.05) is 0 Å². The number of hydrogen-bond acceptors (Lipinski definition) is 1. The minimum Gasteiger partial charge on any atom is -0.198 e. The third-order valence-electron chi connectivity index (χ3n) is 2.65. The van der Waals surface area contributed by atoms with Crippen LogP contribution in [0.3, 0.4) is 0 Å². The Morgan fingerprint density at radius 3 is 2.67 bits per heavy atom. The van der Waals surface area contributed by atoms with Gasteiger partial charge in [-0.15, -0.1) is 0 Å². The Kier molecular flexibility index (Phi) is 1.62. The van der Waals surface area contributed by atoms with Crippen molar-refractivity contribution < 1.29 is 0 Å². The van der Waals surface area contributed by atoms with Crippen molar-refractivity contribution in [2.45, 2.75) is 25.2 Å². The van der Waals surface area contributed by atoms with Crippen LogP contribution in [0.2, 0.25) is 0 Å². The summed E-state index contributed by atoms with van der Waals surface area (Å²) in [5.74, 6) is 0.696. The van der Waals surface area contributed by atoms with Crippen LogP contribution in [0, 0.1) is 11.3 Å². The maximum absolute atomic E-state index is 8.88. The highest BCUT2D eigenvalue weighted by Crippen LogP contribution is 2.40. The van der Waals surface area contributed by atoms with E-state index in [1.165, 1.54) is 11.1 Å². The van der Waals surface area contributed by atoms with Crippen LogP contribution in [-0.2, 0) is 0 Å². The predicted octanol–water partition coefficient (Wildman–Crippen LogP) is 2.80. The summed E-state index contributed by atoms with van der Waals surface area (Å²) >= 11 is 0. The Morgan fingerprint density at radius 1 is 1.33 bits per heavy atom. The number of nitrogens with zero attached hydrogens (tertiary/aromatic N) is 1. The van der Waals surface area contributed by atoms with E-state index < -0.39 is 0 Å². The van der Waals surface area contributed by atoms with Gasteiger partial charge in [-0.25, -0.2) is 0 Å². The summed E-state index contributed by atoms with van der Waals surface area (Å²) in [5.41, 5.74) is 2.61. The highest BCUT2D eigenvalue weighted by Gasteiger charge is 2.26. The minimum absolute atomic E-state index is 0.135. The van der Waals surface area contributed by atoms with Crippen molar-refractivity contribution in [1.29, 1.82) is 5.26 Å². The van der Waals surface area contributed by atoms with E-state index in [1.807, 2.05) is 6.07 Å². The smallest absolute Gasteiger partial charge is 0.0721 e. The second kappa shape index (κ2) is 2.64. The molecule has 1 aromatic rings. The van der Waals surface area contributed by atoms with Crippen LogP contribution < -0.4 is 0 Å². The van der Waals surface area contributed by atoms with Crippen LogP contribution in [0.1, 0.15) is 36.3 Å². The molecule has 1 aliphatic carbocycles. The molecular formula is C11H11N. The molecule has 12 heavy (non-hydrogen) atoms. The summed E-state index contributed by atoms with van der Waals surface area (Å²) in [7, 11) is 0. The summed E-state index contributed by atoms with van der Waals surface area (Å²) in [6.07, 6.45) is 0.996. The molecular weight excluding hydrogens is 146 g/mol. The molecule has 0 bridgehead atoms. The molecule has 0 fully saturated rings. The van der Waals surface area contributed by atoms with Gasteiger partial charge in [0.2, 0.25) is 0 Å². The van der Waals surface area contributed by atoms with E-state index in [0.717, 1.165) is 6.42 Å². The summed E-state index contributed by atoms with van der Waals surface area (Å²) in [6, 6.07) is 10.6. The molecule has 0 saturated carbocycles. The third kappa shape index (κ3) is 0.921. The highest BCUT2D eigenvalue weighted by atomic mass is 14.3. The van der Waals surface area contributed by atoms with Gasteiger partial charge in [-0.05, 0) is 23.5 Å². The zero-order chi connectivity index (χ0) is 8.55. The zero-order valence-electron chi connectivity index (χ0n) is 7.12. The lowest BCUT2D eigenvalue weighted by atomic mass is 10.0. The van der Waals surface area contributed by atoms with Gasteiger partial charge in [0.05, 0.1) is 12.0 Å². The molecule has 0 aromatic heterocycles. The van der Waals surface area contributed by atoms with Gasteiger partial charge in [0.1, 0.15) is 0 Å². The fourth-order valence-electron chi connectivity index (χ4n) is 2.01. The molecule has 1 aromatic carbocycles. The summed E-state index contributed by atoms with van der Waals surface area (Å²) < 4.78 is 0. The standard InChI is InChI=1S/C11H11N/c1-8-6-9(7-12)11-5-3-2-4-10(8)11/h2-5,8-9H,6H2,1H3. The average molecular weight is 157 g/mol. The topological polar surface area (TPSA) is 23.8 Å². The monoisotopic (exact) mass is 157 g/mol. The van der Waals surface area contributed by atoms with Gasteiger partial charge in [0.25, 0.3) is 0 Å². The molecule has 0 heterocycles. The maximum Gasteiger partial charge on any atom is 0.0721 e. The first-order valence-corrected chi connectivity index (χ1v) is 4.31. The van der Waals surface area contributed by atoms with Gasteiger partial charge in [-0.2, -0.15) is 5.26 Å². The third-order valence-corrected chi connectivity index (χ3v) is 2.65. The van der Waals surface area contributed by atoms with Crippen LogP contribution in [0.4, 0.5) is 0 Å². The second-order valence-corrected chi connectivity index (χ2v) is 3.45. The highest BCUT2D eigenvalue weighted by molar-refractivity contribution is 5.40. The Bertz CT molecular complexity index is 335. The molecule has 60 valence electrons. The van der Waals surface area contributed by atoms with Crippen LogP contribution in [0.25, 0.3) is 0 Å². The fourth-order valence-corrected chi connectivity index (χ4v) is 2.01. The first kappa shape index (κ1) is 7.36. The van der Waals surface area contributed by atoms with Crippen LogP contribution >= 0.6 is 0 Å². The van der Waals surface area contributed by atoms with E-state index in [0.29, 0.717) is 5.92 Å². The van der Waals surface area contributed by atoms with Crippen molar-refractivity contribution in [1.82, 2.24) is 0 Å². The number of nitriles is 1. The minimum atomic E-state index is 0.135. The van der Waals surface area contributed by atoms with Gasteiger partial charge < -0.3 is 0 Å². The van der Waals surface area contributed by atoms with Gasteiger partial charge in [0.15, 0.2) is 0 Å². The number of hydrogen-bond donors (Lipinski definition) is 0.